The van der Waals surface area contributed by atoms with Crippen molar-refractivity contribution in [3.63, 3.8) is 0 Å². The van der Waals surface area contributed by atoms with Crippen molar-refractivity contribution in [1.29, 1.82) is 0 Å². The number of anilines is 1. The maximum Gasteiger partial charge on any atom is 0.319 e. The first-order valence-corrected chi connectivity index (χ1v) is 7.95. The number of nitrogens with zero attached hydrogens (tertiary/aromatic N) is 1. The molecule has 1 saturated heterocycles. The number of rotatable bonds is 4. The van der Waals surface area contributed by atoms with Crippen LogP contribution in [0.3, 0.4) is 0 Å². The van der Waals surface area contributed by atoms with Gasteiger partial charge in [-0.3, -0.25) is 0 Å². The van der Waals surface area contributed by atoms with Gasteiger partial charge in [0.05, 0.1) is 0 Å². The quantitative estimate of drug-likeness (QED) is 0.893. The highest BCUT2D eigenvalue weighted by Gasteiger charge is 2.19. The molecule has 1 aromatic carbocycles. The van der Waals surface area contributed by atoms with Gasteiger partial charge in [0.25, 0.3) is 0 Å². The predicted molar refractivity (Wildman–Crippen MR) is 87.8 cm³/mol. The molecule has 4 heteroatoms. The van der Waals surface area contributed by atoms with E-state index < -0.39 is 0 Å². The molecule has 1 aliphatic rings. The first-order chi connectivity index (χ1) is 10.1. The highest BCUT2D eigenvalue weighted by molar-refractivity contribution is 5.89. The van der Waals surface area contributed by atoms with Gasteiger partial charge in [0.2, 0.25) is 0 Å². The first kappa shape index (κ1) is 15.8. The van der Waals surface area contributed by atoms with Crippen molar-refractivity contribution in [3.8, 4) is 0 Å². The normalized spacial score (nSPS) is 16.7. The van der Waals surface area contributed by atoms with Crippen LogP contribution in [0.25, 0.3) is 0 Å². The van der Waals surface area contributed by atoms with E-state index >= 15 is 0 Å². The van der Waals surface area contributed by atoms with Gasteiger partial charge in [-0.25, -0.2) is 4.79 Å². The number of urea groups is 1. The molecule has 0 spiro atoms. The summed E-state index contributed by atoms with van der Waals surface area (Å²) in [6, 6.07) is 6.30. The highest BCUT2D eigenvalue weighted by atomic mass is 16.2. The summed E-state index contributed by atoms with van der Waals surface area (Å²) in [7, 11) is 0. The van der Waals surface area contributed by atoms with E-state index in [1.54, 1.807) is 0 Å². The molecule has 0 aliphatic carbocycles. The number of nitrogens with one attached hydrogen (secondary N) is 2. The average Bonchev–Trinajstić information content (AvgIpc) is 2.40. The molecule has 1 aliphatic heterocycles. The van der Waals surface area contributed by atoms with Crippen LogP contribution in [-0.2, 0) is 0 Å². The lowest BCUT2D eigenvalue weighted by atomic mass is 10.1. The fourth-order valence-corrected chi connectivity index (χ4v) is 3.02. The second kappa shape index (κ2) is 7.46. The van der Waals surface area contributed by atoms with E-state index in [-0.39, 0.29) is 6.03 Å². The number of carbonyl (C=O) groups excluding carboxylic acids is 1. The van der Waals surface area contributed by atoms with Crippen molar-refractivity contribution >= 4 is 11.7 Å². The van der Waals surface area contributed by atoms with Gasteiger partial charge in [-0.1, -0.05) is 13.0 Å². The summed E-state index contributed by atoms with van der Waals surface area (Å²) in [6.07, 6.45) is 3.28. The molecule has 1 heterocycles. The topological polar surface area (TPSA) is 44.4 Å². The van der Waals surface area contributed by atoms with Crippen LogP contribution < -0.4 is 10.6 Å². The molecule has 0 bridgehead atoms. The van der Waals surface area contributed by atoms with Gasteiger partial charge in [0, 0.05) is 24.8 Å². The van der Waals surface area contributed by atoms with Crippen LogP contribution in [-0.4, -0.2) is 36.6 Å². The lowest BCUT2D eigenvalue weighted by Crippen LogP contribution is -2.46. The van der Waals surface area contributed by atoms with Crippen LogP contribution in [0.4, 0.5) is 10.5 Å². The Morgan fingerprint density at radius 1 is 1.19 bits per heavy atom. The first-order valence-electron chi connectivity index (χ1n) is 7.95. The summed E-state index contributed by atoms with van der Waals surface area (Å²) >= 11 is 0. The van der Waals surface area contributed by atoms with Gasteiger partial charge in [0.15, 0.2) is 0 Å². The number of benzene rings is 1. The van der Waals surface area contributed by atoms with Crippen LogP contribution in [0.1, 0.15) is 37.3 Å². The third-order valence-corrected chi connectivity index (χ3v) is 3.94. The Balaban J connectivity index is 1.80. The van der Waals surface area contributed by atoms with Crippen LogP contribution in [0, 0.1) is 13.8 Å². The van der Waals surface area contributed by atoms with E-state index in [1.165, 1.54) is 13.0 Å². The molecule has 0 unspecified atom stereocenters. The van der Waals surface area contributed by atoms with E-state index in [9.17, 15) is 4.79 Å². The molecule has 0 atom stereocenters. The van der Waals surface area contributed by atoms with Crippen molar-refractivity contribution in [3.05, 3.63) is 29.3 Å². The molecule has 2 N–H and O–H groups in total. The molecule has 116 valence electrons. The predicted octanol–water partition coefficient (Wildman–Crippen LogP) is 3.30. The Hall–Kier alpha value is -1.55. The van der Waals surface area contributed by atoms with Gasteiger partial charge in [-0.05, 0) is 62.9 Å². The van der Waals surface area contributed by atoms with Gasteiger partial charge in [-0.2, -0.15) is 0 Å². The fourth-order valence-electron chi connectivity index (χ4n) is 3.02. The number of hydrogen-bond acceptors (Lipinski definition) is 2. The molecule has 21 heavy (non-hydrogen) atoms. The lowest BCUT2D eigenvalue weighted by molar-refractivity contribution is 0.196. The Labute approximate surface area is 127 Å². The minimum atomic E-state index is -0.0889. The maximum atomic E-state index is 12.1. The van der Waals surface area contributed by atoms with Crippen LogP contribution in [0.2, 0.25) is 0 Å². The molecule has 2 rings (SSSR count). The highest BCUT2D eigenvalue weighted by Crippen LogP contribution is 2.14. The number of amides is 2. The minimum Gasteiger partial charge on any atom is -0.335 e. The number of carbonyl (C=O) groups is 1. The van der Waals surface area contributed by atoms with Crippen LogP contribution >= 0.6 is 0 Å². The molecular weight excluding hydrogens is 262 g/mol. The Kier molecular flexibility index (Phi) is 5.62. The number of likely N-dealkylation sites (tertiary alicyclic amines) is 1. The van der Waals surface area contributed by atoms with E-state index in [4.69, 9.17) is 0 Å². The summed E-state index contributed by atoms with van der Waals surface area (Å²) in [5.74, 6) is 0. The van der Waals surface area contributed by atoms with Crippen molar-refractivity contribution < 1.29 is 4.79 Å². The van der Waals surface area contributed by atoms with Crippen molar-refractivity contribution in [2.24, 2.45) is 0 Å². The molecule has 1 aromatic rings. The number of piperidine rings is 1. The monoisotopic (exact) mass is 289 g/mol. The SMILES string of the molecule is CCCN1CCC(NC(=O)Nc2cc(C)cc(C)c2)CC1. The van der Waals surface area contributed by atoms with Crippen LogP contribution in [0.15, 0.2) is 18.2 Å². The van der Waals surface area contributed by atoms with Gasteiger partial charge in [-0.15, -0.1) is 0 Å². The van der Waals surface area contributed by atoms with E-state index in [0.29, 0.717) is 6.04 Å². The summed E-state index contributed by atoms with van der Waals surface area (Å²) in [6.45, 7) is 9.63. The molecule has 0 aromatic heterocycles. The summed E-state index contributed by atoms with van der Waals surface area (Å²) in [5, 5.41) is 6.04. The van der Waals surface area contributed by atoms with Gasteiger partial charge < -0.3 is 15.5 Å². The number of hydrogen-bond donors (Lipinski definition) is 2. The van der Waals surface area contributed by atoms with Gasteiger partial charge >= 0.3 is 6.03 Å². The third kappa shape index (κ3) is 5.05. The summed E-state index contributed by atoms with van der Waals surface area (Å²) in [5.41, 5.74) is 3.20. The zero-order valence-corrected chi connectivity index (χ0v) is 13.4. The Bertz CT molecular complexity index is 459. The summed E-state index contributed by atoms with van der Waals surface area (Å²) in [4.78, 5) is 14.5. The minimum absolute atomic E-state index is 0.0889. The van der Waals surface area contributed by atoms with Crippen molar-refractivity contribution in [2.75, 3.05) is 25.0 Å². The fraction of sp³-hybridized carbons (Fsp3) is 0.588. The van der Waals surface area contributed by atoms with E-state index in [0.717, 1.165) is 42.7 Å². The molecule has 4 nitrogen and oxygen atoms in total. The van der Waals surface area contributed by atoms with E-state index in [1.807, 2.05) is 26.0 Å². The van der Waals surface area contributed by atoms with Crippen molar-refractivity contribution in [2.45, 2.75) is 46.1 Å². The largest absolute Gasteiger partial charge is 0.335 e. The molecule has 2 amide bonds. The second-order valence-corrected chi connectivity index (χ2v) is 6.09. The average molecular weight is 289 g/mol. The standard InChI is InChI=1S/C17H27N3O/c1-4-7-20-8-5-15(6-9-20)18-17(21)19-16-11-13(2)10-14(3)12-16/h10-12,15H,4-9H2,1-3H3,(H2,18,19,21). The molecule has 0 radical (unpaired) electrons. The second-order valence-electron chi connectivity index (χ2n) is 6.09. The van der Waals surface area contributed by atoms with Crippen LogP contribution in [0.5, 0.6) is 0 Å². The van der Waals surface area contributed by atoms with Gasteiger partial charge in [0.1, 0.15) is 0 Å². The molecule has 0 saturated carbocycles. The zero-order chi connectivity index (χ0) is 15.2. The summed E-state index contributed by atoms with van der Waals surface area (Å²) < 4.78 is 0. The molecule has 1 fully saturated rings. The lowest BCUT2D eigenvalue weighted by Gasteiger charge is -2.32. The Morgan fingerprint density at radius 3 is 2.38 bits per heavy atom. The molecular formula is C17H27N3O. The van der Waals surface area contributed by atoms with E-state index in [2.05, 4.69) is 28.5 Å². The van der Waals surface area contributed by atoms with Crippen molar-refractivity contribution in [1.82, 2.24) is 10.2 Å². The smallest absolute Gasteiger partial charge is 0.319 e. The third-order valence-electron chi connectivity index (χ3n) is 3.94. The number of aryl methyl sites for hydroxylation is 2. The zero-order valence-electron chi connectivity index (χ0n) is 13.4. The Morgan fingerprint density at radius 2 is 1.81 bits per heavy atom. The maximum absolute atomic E-state index is 12.1.